The van der Waals surface area contributed by atoms with Gasteiger partial charge < -0.3 is 16.0 Å². The van der Waals surface area contributed by atoms with E-state index in [-0.39, 0.29) is 11.6 Å². The molecule has 1 atom stereocenters. The number of nitrogens with one attached hydrogen (secondary N) is 1. The van der Waals surface area contributed by atoms with Crippen molar-refractivity contribution >= 4 is 6.03 Å². The largest absolute Gasteiger partial charge is 0.338 e. The first kappa shape index (κ1) is 11.3. The Hall–Kier alpha value is -0.770. The van der Waals surface area contributed by atoms with E-state index in [2.05, 4.69) is 26.1 Å². The third-order valence-corrected chi connectivity index (χ3v) is 3.35. The highest BCUT2D eigenvalue weighted by Crippen LogP contribution is 2.25. The van der Waals surface area contributed by atoms with E-state index < -0.39 is 0 Å². The number of nitrogens with zero attached hydrogens (tertiary/aromatic N) is 1. The molecule has 3 N–H and O–H groups in total. The molecule has 0 bridgehead atoms. The fraction of sp³-hybridized carbons (Fsp3) is 0.900. The Morgan fingerprint density at radius 3 is 2.71 bits per heavy atom. The summed E-state index contributed by atoms with van der Waals surface area (Å²) in [5, 5.41) is 2.86. The summed E-state index contributed by atoms with van der Waals surface area (Å²) in [5.74, 6) is 0.372. The van der Waals surface area contributed by atoms with E-state index >= 15 is 0 Å². The summed E-state index contributed by atoms with van der Waals surface area (Å²) in [6.45, 7) is 8.38. The summed E-state index contributed by atoms with van der Waals surface area (Å²) < 4.78 is 0. The van der Waals surface area contributed by atoms with Gasteiger partial charge in [0.1, 0.15) is 0 Å². The average Bonchev–Trinajstić information content (AvgIpc) is 2.17. The van der Waals surface area contributed by atoms with Crippen LogP contribution in [0, 0.1) is 5.92 Å². The molecule has 0 saturated carbocycles. The van der Waals surface area contributed by atoms with Gasteiger partial charge in [0, 0.05) is 19.6 Å². The molecule has 14 heavy (non-hydrogen) atoms. The molecule has 2 amide bonds. The minimum atomic E-state index is -0.218. The van der Waals surface area contributed by atoms with Crippen LogP contribution in [0.15, 0.2) is 0 Å². The Bertz CT molecular complexity index is 217. The number of hydrogen-bond acceptors (Lipinski definition) is 2. The monoisotopic (exact) mass is 199 g/mol. The number of carbonyl (C=O) groups is 1. The van der Waals surface area contributed by atoms with E-state index in [1.165, 1.54) is 0 Å². The number of nitrogens with two attached hydrogens (primary N) is 1. The standard InChI is InChI=1S/C10H21N3O/c1-8(2)10(3,7-11)13-6-4-5-12-9(13)14/h8H,4-7,11H2,1-3H3,(H,12,14). The second kappa shape index (κ2) is 4.17. The molecule has 1 saturated heterocycles. The van der Waals surface area contributed by atoms with Gasteiger partial charge in [0.25, 0.3) is 0 Å². The second-order valence-electron chi connectivity index (χ2n) is 4.45. The van der Waals surface area contributed by atoms with Crippen molar-refractivity contribution in [1.82, 2.24) is 10.2 Å². The Morgan fingerprint density at radius 2 is 2.29 bits per heavy atom. The van der Waals surface area contributed by atoms with E-state index in [1.54, 1.807) is 0 Å². The van der Waals surface area contributed by atoms with Crippen molar-refractivity contribution in [2.45, 2.75) is 32.7 Å². The van der Waals surface area contributed by atoms with Crippen LogP contribution < -0.4 is 11.1 Å². The Labute approximate surface area is 85.8 Å². The van der Waals surface area contributed by atoms with Gasteiger partial charge in [0.15, 0.2) is 0 Å². The molecule has 0 aromatic carbocycles. The molecule has 1 aliphatic heterocycles. The zero-order chi connectivity index (χ0) is 10.8. The molecule has 1 aliphatic rings. The van der Waals surface area contributed by atoms with Gasteiger partial charge in [-0.3, -0.25) is 0 Å². The number of urea groups is 1. The lowest BCUT2D eigenvalue weighted by molar-refractivity contribution is 0.0824. The van der Waals surface area contributed by atoms with Crippen LogP contribution in [0.4, 0.5) is 4.79 Å². The Balaban J connectivity index is 2.81. The van der Waals surface area contributed by atoms with Gasteiger partial charge in [-0.1, -0.05) is 13.8 Å². The number of hydrogen-bond donors (Lipinski definition) is 2. The first-order valence-electron chi connectivity index (χ1n) is 5.28. The van der Waals surface area contributed by atoms with Gasteiger partial charge in [-0.15, -0.1) is 0 Å². The maximum Gasteiger partial charge on any atom is 0.317 e. The maximum absolute atomic E-state index is 11.7. The molecule has 1 fully saturated rings. The van der Waals surface area contributed by atoms with Crippen molar-refractivity contribution < 1.29 is 4.79 Å². The fourth-order valence-electron chi connectivity index (χ4n) is 1.77. The molecule has 0 aliphatic carbocycles. The van der Waals surface area contributed by atoms with Crippen molar-refractivity contribution in [3.8, 4) is 0 Å². The first-order chi connectivity index (χ1) is 6.52. The lowest BCUT2D eigenvalue weighted by atomic mass is 9.86. The van der Waals surface area contributed by atoms with Gasteiger partial charge in [-0.25, -0.2) is 4.79 Å². The average molecular weight is 199 g/mol. The molecule has 1 rings (SSSR count). The topological polar surface area (TPSA) is 58.4 Å². The Kier molecular flexibility index (Phi) is 3.37. The van der Waals surface area contributed by atoms with Crippen LogP contribution in [0.5, 0.6) is 0 Å². The molecule has 0 aromatic rings. The minimum Gasteiger partial charge on any atom is -0.338 e. The van der Waals surface area contributed by atoms with Gasteiger partial charge in [0.05, 0.1) is 5.54 Å². The number of carbonyl (C=O) groups excluding carboxylic acids is 1. The van der Waals surface area contributed by atoms with Gasteiger partial charge in [0.2, 0.25) is 0 Å². The highest BCUT2D eigenvalue weighted by Gasteiger charge is 2.37. The maximum atomic E-state index is 11.7. The molecule has 0 spiro atoms. The zero-order valence-electron chi connectivity index (χ0n) is 9.34. The SMILES string of the molecule is CC(C)C(C)(CN)N1CCCNC1=O. The number of amides is 2. The Morgan fingerprint density at radius 1 is 1.64 bits per heavy atom. The highest BCUT2D eigenvalue weighted by atomic mass is 16.2. The van der Waals surface area contributed by atoms with Gasteiger partial charge in [-0.05, 0) is 19.3 Å². The van der Waals surface area contributed by atoms with Crippen molar-refractivity contribution in [1.29, 1.82) is 0 Å². The smallest absolute Gasteiger partial charge is 0.317 e. The van der Waals surface area contributed by atoms with Gasteiger partial charge >= 0.3 is 6.03 Å². The summed E-state index contributed by atoms with van der Waals surface area (Å²) in [4.78, 5) is 13.5. The van der Waals surface area contributed by atoms with Crippen LogP contribution in [-0.4, -0.2) is 36.1 Å². The van der Waals surface area contributed by atoms with E-state index in [0.29, 0.717) is 12.5 Å². The number of rotatable bonds is 3. The van der Waals surface area contributed by atoms with Crippen molar-refractivity contribution in [3.05, 3.63) is 0 Å². The first-order valence-corrected chi connectivity index (χ1v) is 5.28. The van der Waals surface area contributed by atoms with Crippen LogP contribution in [0.2, 0.25) is 0 Å². The van der Waals surface area contributed by atoms with Crippen LogP contribution >= 0.6 is 0 Å². The molecular formula is C10H21N3O. The van der Waals surface area contributed by atoms with Crippen LogP contribution in [0.3, 0.4) is 0 Å². The van der Waals surface area contributed by atoms with Crippen molar-refractivity contribution in [2.24, 2.45) is 11.7 Å². The van der Waals surface area contributed by atoms with Crippen LogP contribution in [-0.2, 0) is 0 Å². The lowest BCUT2D eigenvalue weighted by Gasteiger charge is -2.45. The highest BCUT2D eigenvalue weighted by molar-refractivity contribution is 5.75. The fourth-order valence-corrected chi connectivity index (χ4v) is 1.77. The molecule has 1 heterocycles. The molecule has 1 unspecified atom stereocenters. The molecule has 4 heteroatoms. The second-order valence-corrected chi connectivity index (χ2v) is 4.45. The normalized spacial score (nSPS) is 22.1. The predicted octanol–water partition coefficient (Wildman–Crippen LogP) is 0.775. The van der Waals surface area contributed by atoms with Crippen molar-refractivity contribution in [2.75, 3.05) is 19.6 Å². The van der Waals surface area contributed by atoms with Crippen LogP contribution in [0.1, 0.15) is 27.2 Å². The lowest BCUT2D eigenvalue weighted by Crippen LogP contribution is -2.62. The van der Waals surface area contributed by atoms with Crippen molar-refractivity contribution in [3.63, 3.8) is 0 Å². The summed E-state index contributed by atoms with van der Waals surface area (Å²) in [5.41, 5.74) is 5.56. The van der Waals surface area contributed by atoms with Crippen LogP contribution in [0.25, 0.3) is 0 Å². The summed E-state index contributed by atoms with van der Waals surface area (Å²) in [7, 11) is 0. The molecule has 82 valence electrons. The van der Waals surface area contributed by atoms with E-state index in [0.717, 1.165) is 19.5 Å². The summed E-state index contributed by atoms with van der Waals surface area (Å²) >= 11 is 0. The van der Waals surface area contributed by atoms with E-state index in [4.69, 9.17) is 5.73 Å². The van der Waals surface area contributed by atoms with E-state index in [9.17, 15) is 4.79 Å². The zero-order valence-corrected chi connectivity index (χ0v) is 9.34. The third kappa shape index (κ3) is 1.85. The molecule has 0 aromatic heterocycles. The summed E-state index contributed by atoms with van der Waals surface area (Å²) in [6.07, 6.45) is 1.01. The molecule has 0 radical (unpaired) electrons. The molecular weight excluding hydrogens is 178 g/mol. The predicted molar refractivity (Wildman–Crippen MR) is 57.0 cm³/mol. The van der Waals surface area contributed by atoms with Gasteiger partial charge in [-0.2, -0.15) is 0 Å². The van der Waals surface area contributed by atoms with E-state index in [1.807, 2.05) is 4.90 Å². The minimum absolute atomic E-state index is 0.0258. The quantitative estimate of drug-likeness (QED) is 0.705. The third-order valence-electron chi connectivity index (χ3n) is 3.35. The molecule has 4 nitrogen and oxygen atoms in total. The summed E-state index contributed by atoms with van der Waals surface area (Å²) in [6, 6.07) is 0.0258.